The summed E-state index contributed by atoms with van der Waals surface area (Å²) >= 11 is 0. The maximum absolute atomic E-state index is 5.84. The fourth-order valence-corrected chi connectivity index (χ4v) is 2.46. The van der Waals surface area contributed by atoms with Crippen molar-refractivity contribution in [2.45, 2.75) is 13.8 Å². The lowest BCUT2D eigenvalue weighted by Crippen LogP contribution is -2.47. The topological polar surface area (TPSA) is 41.7 Å². The maximum atomic E-state index is 5.84. The van der Waals surface area contributed by atoms with Crippen molar-refractivity contribution in [1.29, 1.82) is 0 Å². The monoisotopic (exact) mass is 277 g/mol. The predicted octanol–water partition coefficient (Wildman–Crippen LogP) is 2.06. The van der Waals surface area contributed by atoms with Crippen molar-refractivity contribution >= 4 is 11.4 Å². The molecule has 20 heavy (non-hydrogen) atoms. The minimum atomic E-state index is 0.621. The van der Waals surface area contributed by atoms with E-state index < -0.39 is 0 Å². The van der Waals surface area contributed by atoms with Crippen LogP contribution in [0.25, 0.3) is 0 Å². The van der Waals surface area contributed by atoms with Crippen LogP contribution in [0.15, 0.2) is 24.3 Å². The van der Waals surface area contributed by atoms with Crippen LogP contribution in [-0.4, -0.2) is 50.8 Å². The Balaban J connectivity index is 1.70. The molecular formula is C16H27N3O. The van der Waals surface area contributed by atoms with Crippen molar-refractivity contribution in [3.63, 3.8) is 0 Å². The largest absolute Gasteiger partial charge is 0.399 e. The van der Waals surface area contributed by atoms with Gasteiger partial charge in [0.1, 0.15) is 0 Å². The summed E-state index contributed by atoms with van der Waals surface area (Å²) in [5.74, 6) is 0.621. The van der Waals surface area contributed by atoms with Crippen molar-refractivity contribution in [3.05, 3.63) is 24.3 Å². The van der Waals surface area contributed by atoms with Crippen molar-refractivity contribution < 1.29 is 4.74 Å². The molecule has 1 aromatic carbocycles. The summed E-state index contributed by atoms with van der Waals surface area (Å²) < 4.78 is 5.65. The van der Waals surface area contributed by atoms with Crippen LogP contribution in [0.3, 0.4) is 0 Å². The second-order valence-corrected chi connectivity index (χ2v) is 5.89. The summed E-state index contributed by atoms with van der Waals surface area (Å²) in [6.45, 7) is 11.4. The second-order valence-electron chi connectivity index (χ2n) is 5.89. The molecule has 1 fully saturated rings. The van der Waals surface area contributed by atoms with E-state index in [0.29, 0.717) is 5.92 Å². The van der Waals surface area contributed by atoms with Crippen LogP contribution >= 0.6 is 0 Å². The Hall–Kier alpha value is -1.26. The number of piperazine rings is 1. The summed E-state index contributed by atoms with van der Waals surface area (Å²) in [4.78, 5) is 4.88. The Labute approximate surface area is 122 Å². The van der Waals surface area contributed by atoms with Gasteiger partial charge in [-0.05, 0) is 24.1 Å². The Morgan fingerprint density at radius 1 is 1.20 bits per heavy atom. The SMILES string of the molecule is CC(C)COCCN1CCN(c2cccc(N)c2)CC1. The molecule has 2 rings (SSSR count). The van der Waals surface area contributed by atoms with Crippen LogP contribution in [0.1, 0.15) is 13.8 Å². The van der Waals surface area contributed by atoms with E-state index >= 15 is 0 Å². The van der Waals surface area contributed by atoms with Crippen molar-refractivity contribution in [3.8, 4) is 0 Å². The van der Waals surface area contributed by atoms with Crippen molar-refractivity contribution in [2.24, 2.45) is 5.92 Å². The summed E-state index contributed by atoms with van der Waals surface area (Å²) in [6, 6.07) is 8.15. The van der Waals surface area contributed by atoms with Crippen molar-refractivity contribution in [1.82, 2.24) is 4.90 Å². The normalized spacial score (nSPS) is 16.9. The van der Waals surface area contributed by atoms with Crippen LogP contribution < -0.4 is 10.6 Å². The molecule has 112 valence electrons. The molecule has 0 aromatic heterocycles. The lowest BCUT2D eigenvalue weighted by Gasteiger charge is -2.36. The highest BCUT2D eigenvalue weighted by Gasteiger charge is 2.16. The molecule has 1 aromatic rings. The zero-order chi connectivity index (χ0) is 14.4. The summed E-state index contributed by atoms with van der Waals surface area (Å²) in [5, 5.41) is 0. The van der Waals surface area contributed by atoms with E-state index in [-0.39, 0.29) is 0 Å². The van der Waals surface area contributed by atoms with Gasteiger partial charge in [0.15, 0.2) is 0 Å². The molecular weight excluding hydrogens is 250 g/mol. The zero-order valence-electron chi connectivity index (χ0n) is 12.7. The third kappa shape index (κ3) is 4.69. The fraction of sp³-hybridized carbons (Fsp3) is 0.625. The highest BCUT2D eigenvalue weighted by atomic mass is 16.5. The van der Waals surface area contributed by atoms with Gasteiger partial charge in [-0.15, -0.1) is 0 Å². The van der Waals surface area contributed by atoms with Gasteiger partial charge < -0.3 is 15.4 Å². The number of nitrogen functional groups attached to an aromatic ring is 1. The number of benzene rings is 1. The van der Waals surface area contributed by atoms with Gasteiger partial charge in [-0.25, -0.2) is 0 Å². The van der Waals surface area contributed by atoms with E-state index in [1.54, 1.807) is 0 Å². The molecule has 0 saturated carbocycles. The smallest absolute Gasteiger partial charge is 0.0593 e. The van der Waals surface area contributed by atoms with Gasteiger partial charge in [0.2, 0.25) is 0 Å². The number of nitrogens with zero attached hydrogens (tertiary/aromatic N) is 2. The van der Waals surface area contributed by atoms with Gasteiger partial charge in [0, 0.05) is 50.7 Å². The van der Waals surface area contributed by atoms with Gasteiger partial charge in [0.25, 0.3) is 0 Å². The molecule has 1 heterocycles. The quantitative estimate of drug-likeness (QED) is 0.638. The second kappa shape index (κ2) is 7.50. The number of hydrogen-bond acceptors (Lipinski definition) is 4. The Kier molecular flexibility index (Phi) is 5.68. The molecule has 0 amide bonds. The van der Waals surface area contributed by atoms with E-state index in [1.807, 2.05) is 12.1 Å². The Morgan fingerprint density at radius 3 is 2.60 bits per heavy atom. The molecule has 1 saturated heterocycles. The molecule has 4 nitrogen and oxygen atoms in total. The Bertz CT molecular complexity index is 400. The first-order chi connectivity index (χ1) is 9.65. The molecule has 4 heteroatoms. The van der Waals surface area contributed by atoms with Crippen molar-refractivity contribution in [2.75, 3.05) is 56.6 Å². The zero-order valence-corrected chi connectivity index (χ0v) is 12.7. The number of nitrogens with two attached hydrogens (primary N) is 1. The lowest BCUT2D eigenvalue weighted by molar-refractivity contribution is 0.0838. The number of rotatable bonds is 6. The molecule has 0 bridgehead atoms. The molecule has 0 atom stereocenters. The van der Waals surface area contributed by atoms with Crippen LogP contribution in [0.2, 0.25) is 0 Å². The summed E-state index contributed by atoms with van der Waals surface area (Å²) in [7, 11) is 0. The molecule has 0 aliphatic carbocycles. The lowest BCUT2D eigenvalue weighted by atomic mass is 10.2. The highest BCUT2D eigenvalue weighted by Crippen LogP contribution is 2.18. The minimum absolute atomic E-state index is 0.621. The van der Waals surface area contributed by atoms with E-state index in [9.17, 15) is 0 Å². The van der Waals surface area contributed by atoms with Gasteiger partial charge in [0.05, 0.1) is 6.61 Å². The van der Waals surface area contributed by atoms with E-state index in [1.165, 1.54) is 5.69 Å². The number of anilines is 2. The predicted molar refractivity (Wildman–Crippen MR) is 85.2 cm³/mol. The minimum Gasteiger partial charge on any atom is -0.399 e. The van der Waals surface area contributed by atoms with Crippen LogP contribution in [-0.2, 0) is 4.74 Å². The summed E-state index contributed by atoms with van der Waals surface area (Å²) in [6.07, 6.45) is 0. The van der Waals surface area contributed by atoms with E-state index in [2.05, 4.69) is 35.8 Å². The molecule has 1 aliphatic heterocycles. The van der Waals surface area contributed by atoms with Gasteiger partial charge in [-0.2, -0.15) is 0 Å². The van der Waals surface area contributed by atoms with Crippen LogP contribution in [0.5, 0.6) is 0 Å². The summed E-state index contributed by atoms with van der Waals surface area (Å²) in [5.41, 5.74) is 7.92. The molecule has 2 N–H and O–H groups in total. The third-order valence-electron chi connectivity index (χ3n) is 3.61. The highest BCUT2D eigenvalue weighted by molar-refractivity contribution is 5.56. The third-order valence-corrected chi connectivity index (χ3v) is 3.61. The first-order valence-electron chi connectivity index (χ1n) is 7.56. The number of ether oxygens (including phenoxy) is 1. The first-order valence-corrected chi connectivity index (χ1v) is 7.56. The standard InChI is InChI=1S/C16H27N3O/c1-14(2)13-20-11-10-18-6-8-19(9-7-18)16-5-3-4-15(17)12-16/h3-5,12,14H,6-11,13,17H2,1-2H3. The molecule has 0 spiro atoms. The fourth-order valence-electron chi connectivity index (χ4n) is 2.46. The van der Waals surface area contributed by atoms with Crippen LogP contribution in [0, 0.1) is 5.92 Å². The van der Waals surface area contributed by atoms with Gasteiger partial charge in [-0.3, -0.25) is 4.90 Å². The maximum Gasteiger partial charge on any atom is 0.0593 e. The van der Waals surface area contributed by atoms with Gasteiger partial charge in [-0.1, -0.05) is 19.9 Å². The Morgan fingerprint density at radius 2 is 1.95 bits per heavy atom. The number of hydrogen-bond donors (Lipinski definition) is 1. The average molecular weight is 277 g/mol. The van der Waals surface area contributed by atoms with E-state index in [0.717, 1.165) is 51.6 Å². The molecule has 1 aliphatic rings. The van der Waals surface area contributed by atoms with Crippen LogP contribution in [0.4, 0.5) is 11.4 Å². The average Bonchev–Trinajstić information content (AvgIpc) is 2.44. The molecule has 0 radical (unpaired) electrons. The first kappa shape index (κ1) is 15.1. The van der Waals surface area contributed by atoms with Gasteiger partial charge >= 0.3 is 0 Å². The molecule has 0 unspecified atom stereocenters. The van der Waals surface area contributed by atoms with E-state index in [4.69, 9.17) is 10.5 Å².